The summed E-state index contributed by atoms with van der Waals surface area (Å²) in [7, 11) is 0. The number of nitro benzene ring substituents is 1. The molecule has 0 bridgehead atoms. The van der Waals surface area contributed by atoms with Crippen LogP contribution < -0.4 is 5.32 Å². The van der Waals surface area contributed by atoms with E-state index in [1.807, 2.05) is 31.2 Å². The molecular formula is C16H15ClN2O3S. The SMILES string of the molecule is Cc1ccc(SCCNC(=O)c2ccc([N+](=O)[O-])cc2Cl)cc1. The Morgan fingerprint density at radius 2 is 1.96 bits per heavy atom. The second kappa shape index (κ2) is 7.99. The van der Waals surface area contributed by atoms with Crippen molar-refractivity contribution in [2.45, 2.75) is 11.8 Å². The lowest BCUT2D eigenvalue weighted by molar-refractivity contribution is -0.384. The van der Waals surface area contributed by atoms with Gasteiger partial charge >= 0.3 is 0 Å². The van der Waals surface area contributed by atoms with Crippen LogP contribution in [0.3, 0.4) is 0 Å². The predicted octanol–water partition coefficient (Wildman–Crippen LogP) is 4.08. The molecule has 0 heterocycles. The number of halogens is 1. The van der Waals surface area contributed by atoms with Crippen molar-refractivity contribution in [3.05, 3.63) is 68.7 Å². The molecule has 0 unspecified atom stereocenters. The van der Waals surface area contributed by atoms with Gasteiger partial charge in [-0.3, -0.25) is 14.9 Å². The minimum absolute atomic E-state index is 0.0721. The van der Waals surface area contributed by atoms with Crippen LogP contribution in [0, 0.1) is 17.0 Å². The third kappa shape index (κ3) is 4.97. The van der Waals surface area contributed by atoms with E-state index in [0.717, 1.165) is 10.6 Å². The van der Waals surface area contributed by atoms with Crippen molar-refractivity contribution in [3.8, 4) is 0 Å². The Hall–Kier alpha value is -2.05. The van der Waals surface area contributed by atoms with Crippen molar-refractivity contribution in [1.29, 1.82) is 0 Å². The van der Waals surface area contributed by atoms with Crippen molar-refractivity contribution in [2.75, 3.05) is 12.3 Å². The summed E-state index contributed by atoms with van der Waals surface area (Å²) in [5.41, 5.74) is 1.30. The van der Waals surface area contributed by atoms with E-state index in [1.54, 1.807) is 11.8 Å². The highest BCUT2D eigenvalue weighted by atomic mass is 35.5. The van der Waals surface area contributed by atoms with Crippen LogP contribution in [0.25, 0.3) is 0 Å². The monoisotopic (exact) mass is 350 g/mol. The van der Waals surface area contributed by atoms with Gasteiger partial charge < -0.3 is 5.32 Å². The van der Waals surface area contributed by atoms with Crippen molar-refractivity contribution in [3.63, 3.8) is 0 Å². The lowest BCUT2D eigenvalue weighted by Gasteiger charge is -2.07. The van der Waals surface area contributed by atoms with Crippen LogP contribution in [-0.2, 0) is 0 Å². The summed E-state index contributed by atoms with van der Waals surface area (Å²) in [6.07, 6.45) is 0. The molecule has 7 heteroatoms. The van der Waals surface area contributed by atoms with Gasteiger partial charge in [0.2, 0.25) is 0 Å². The van der Waals surface area contributed by atoms with E-state index in [4.69, 9.17) is 11.6 Å². The van der Waals surface area contributed by atoms with Crippen LogP contribution in [-0.4, -0.2) is 23.1 Å². The number of non-ortho nitro benzene ring substituents is 1. The molecule has 0 atom stereocenters. The van der Waals surface area contributed by atoms with Gasteiger partial charge in [-0.1, -0.05) is 29.3 Å². The number of nitrogens with one attached hydrogen (secondary N) is 1. The Balaban J connectivity index is 1.85. The Morgan fingerprint density at radius 3 is 2.57 bits per heavy atom. The van der Waals surface area contributed by atoms with Crippen LogP contribution in [0.15, 0.2) is 47.4 Å². The molecule has 0 radical (unpaired) electrons. The normalized spacial score (nSPS) is 10.3. The van der Waals surface area contributed by atoms with E-state index < -0.39 is 4.92 Å². The Bertz CT molecular complexity index is 720. The topological polar surface area (TPSA) is 72.2 Å². The smallest absolute Gasteiger partial charge is 0.270 e. The molecule has 5 nitrogen and oxygen atoms in total. The average molecular weight is 351 g/mol. The second-order valence-corrected chi connectivity index (χ2v) is 6.41. The van der Waals surface area contributed by atoms with E-state index in [0.29, 0.717) is 6.54 Å². The fraction of sp³-hybridized carbons (Fsp3) is 0.188. The molecule has 0 aromatic heterocycles. The van der Waals surface area contributed by atoms with Crippen molar-refractivity contribution < 1.29 is 9.72 Å². The van der Waals surface area contributed by atoms with Gasteiger partial charge in [-0.2, -0.15) is 0 Å². The number of thioether (sulfide) groups is 1. The molecule has 1 N–H and O–H groups in total. The Labute approximate surface area is 143 Å². The Morgan fingerprint density at radius 1 is 1.26 bits per heavy atom. The van der Waals surface area contributed by atoms with Crippen LogP contribution in [0.4, 0.5) is 5.69 Å². The molecule has 0 aliphatic carbocycles. The maximum Gasteiger partial charge on any atom is 0.270 e. The molecule has 120 valence electrons. The highest BCUT2D eigenvalue weighted by Gasteiger charge is 2.14. The number of benzene rings is 2. The molecule has 23 heavy (non-hydrogen) atoms. The van der Waals surface area contributed by atoms with Gasteiger partial charge in [0, 0.05) is 29.3 Å². The summed E-state index contributed by atoms with van der Waals surface area (Å²) >= 11 is 7.56. The number of carbonyl (C=O) groups is 1. The standard InChI is InChI=1S/C16H15ClN2O3S/c1-11-2-5-13(6-3-11)23-9-8-18-16(20)14-7-4-12(19(21)22)10-15(14)17/h2-7,10H,8-9H2,1H3,(H,18,20). The molecule has 0 fully saturated rings. The molecule has 0 saturated carbocycles. The largest absolute Gasteiger partial charge is 0.351 e. The quantitative estimate of drug-likeness (QED) is 0.369. The molecule has 0 spiro atoms. The summed E-state index contributed by atoms with van der Waals surface area (Å²) < 4.78 is 0. The van der Waals surface area contributed by atoms with E-state index in [2.05, 4.69) is 5.32 Å². The fourth-order valence-electron chi connectivity index (χ4n) is 1.86. The highest BCUT2D eigenvalue weighted by molar-refractivity contribution is 7.99. The zero-order valence-electron chi connectivity index (χ0n) is 12.4. The highest BCUT2D eigenvalue weighted by Crippen LogP contribution is 2.22. The number of nitro groups is 1. The lowest BCUT2D eigenvalue weighted by atomic mass is 10.2. The van der Waals surface area contributed by atoms with Crippen LogP contribution in [0.5, 0.6) is 0 Å². The second-order valence-electron chi connectivity index (χ2n) is 4.84. The first-order chi connectivity index (χ1) is 11.0. The van der Waals surface area contributed by atoms with Crippen molar-refractivity contribution >= 4 is 35.0 Å². The minimum atomic E-state index is -0.550. The van der Waals surface area contributed by atoms with Crippen LogP contribution in [0.1, 0.15) is 15.9 Å². The zero-order valence-corrected chi connectivity index (χ0v) is 14.0. The first-order valence-electron chi connectivity index (χ1n) is 6.89. The van der Waals surface area contributed by atoms with Crippen LogP contribution in [0.2, 0.25) is 5.02 Å². The van der Waals surface area contributed by atoms with Gasteiger partial charge in [-0.15, -0.1) is 11.8 Å². The van der Waals surface area contributed by atoms with Gasteiger partial charge in [0.1, 0.15) is 0 Å². The van der Waals surface area contributed by atoms with Gasteiger partial charge in [0.15, 0.2) is 0 Å². The zero-order chi connectivity index (χ0) is 16.8. The molecule has 0 aliphatic rings. The number of amides is 1. The summed E-state index contributed by atoms with van der Waals surface area (Å²) in [6.45, 7) is 2.51. The van der Waals surface area contributed by atoms with E-state index in [1.165, 1.54) is 23.8 Å². The van der Waals surface area contributed by atoms with E-state index >= 15 is 0 Å². The first kappa shape index (κ1) is 17.3. The van der Waals surface area contributed by atoms with Crippen LogP contribution >= 0.6 is 23.4 Å². The first-order valence-corrected chi connectivity index (χ1v) is 8.25. The summed E-state index contributed by atoms with van der Waals surface area (Å²) in [6, 6.07) is 12.0. The number of nitrogens with zero attached hydrogens (tertiary/aromatic N) is 1. The maximum atomic E-state index is 12.0. The molecule has 2 aromatic rings. The molecule has 0 saturated heterocycles. The minimum Gasteiger partial charge on any atom is -0.351 e. The third-order valence-corrected chi connectivity index (χ3v) is 4.41. The van der Waals surface area contributed by atoms with E-state index in [9.17, 15) is 14.9 Å². The molecule has 1 amide bonds. The molecular weight excluding hydrogens is 336 g/mol. The fourth-order valence-corrected chi connectivity index (χ4v) is 2.89. The number of aryl methyl sites for hydroxylation is 1. The average Bonchev–Trinajstić information content (AvgIpc) is 2.52. The van der Waals surface area contributed by atoms with Gasteiger partial charge in [0.25, 0.3) is 11.6 Å². The number of carbonyl (C=O) groups excluding carboxylic acids is 1. The van der Waals surface area contributed by atoms with Crippen molar-refractivity contribution in [1.82, 2.24) is 5.32 Å². The lowest BCUT2D eigenvalue weighted by Crippen LogP contribution is -2.26. The number of rotatable bonds is 6. The van der Waals surface area contributed by atoms with Crippen molar-refractivity contribution in [2.24, 2.45) is 0 Å². The molecule has 2 aromatic carbocycles. The Kier molecular flexibility index (Phi) is 6.01. The maximum absolute atomic E-state index is 12.0. The number of hydrogen-bond donors (Lipinski definition) is 1. The predicted molar refractivity (Wildman–Crippen MR) is 92.3 cm³/mol. The molecule has 2 rings (SSSR count). The summed E-state index contributed by atoms with van der Waals surface area (Å²) in [4.78, 5) is 23.3. The number of hydrogen-bond acceptors (Lipinski definition) is 4. The van der Waals surface area contributed by atoms with Gasteiger partial charge in [-0.25, -0.2) is 0 Å². The third-order valence-electron chi connectivity index (χ3n) is 3.09. The van der Waals surface area contributed by atoms with Gasteiger partial charge in [-0.05, 0) is 25.1 Å². The molecule has 0 aliphatic heterocycles. The van der Waals surface area contributed by atoms with Gasteiger partial charge in [0.05, 0.1) is 15.5 Å². The summed E-state index contributed by atoms with van der Waals surface area (Å²) in [5, 5.41) is 13.5. The van der Waals surface area contributed by atoms with E-state index in [-0.39, 0.29) is 22.2 Å². The summed E-state index contributed by atoms with van der Waals surface area (Å²) in [5.74, 6) is 0.383.